The Labute approximate surface area is 111 Å². The number of esters is 1. The van der Waals surface area contributed by atoms with Crippen LogP contribution in [0.3, 0.4) is 0 Å². The number of hydrogen-bond acceptors (Lipinski definition) is 2. The minimum absolute atomic E-state index is 0. The molecule has 0 fully saturated rings. The maximum atomic E-state index is 10.8. The van der Waals surface area contributed by atoms with Crippen molar-refractivity contribution in [2.24, 2.45) is 7.05 Å². The number of nitrogens with zero attached hydrogens (tertiary/aromatic N) is 1. The van der Waals surface area contributed by atoms with Gasteiger partial charge in [0.2, 0.25) is 5.52 Å². The second kappa shape index (κ2) is 5.25. The molecule has 16 heavy (non-hydrogen) atoms. The Morgan fingerprint density at radius 2 is 2.06 bits per heavy atom. The maximum absolute atomic E-state index is 10.8. The highest BCUT2D eigenvalue weighted by Gasteiger charge is 2.06. The number of carbonyl (C=O) groups is 1. The molecule has 1 aromatic heterocycles. The van der Waals surface area contributed by atoms with E-state index in [9.17, 15) is 4.79 Å². The van der Waals surface area contributed by atoms with Crippen LogP contribution < -0.4 is 33.3 Å². The molecule has 0 saturated heterocycles. The molecule has 0 bridgehead atoms. The van der Waals surface area contributed by atoms with Crippen LogP contribution in [0.25, 0.3) is 10.9 Å². The molecule has 4 heteroatoms. The molecule has 0 unspecified atom stereocenters. The van der Waals surface area contributed by atoms with Gasteiger partial charge in [0.05, 0.1) is 6.07 Å². The predicted octanol–water partition coefficient (Wildman–Crippen LogP) is -1.41. The number of halogens is 1. The molecule has 0 N–H and O–H groups in total. The largest absolute Gasteiger partial charge is 1.00 e. The van der Waals surface area contributed by atoms with Crippen molar-refractivity contribution in [3.63, 3.8) is 0 Å². The molecule has 2 rings (SSSR count). The van der Waals surface area contributed by atoms with Crippen molar-refractivity contribution >= 4 is 16.9 Å². The second-order valence-corrected chi connectivity index (χ2v) is 3.43. The minimum Gasteiger partial charge on any atom is -1.00 e. The van der Waals surface area contributed by atoms with Crippen LogP contribution in [0.1, 0.15) is 6.92 Å². The predicted molar refractivity (Wildman–Crippen MR) is 56.4 cm³/mol. The highest BCUT2D eigenvalue weighted by atomic mass is 127. The standard InChI is InChI=1S/C12H12NO2.HI/c1-9(14)15-11-6-5-10-4-3-7-13(2)12(10)8-11;/h3-8H,1-2H3;1H/q+1;/p-1. The molecular formula is C12H12INO2. The Kier molecular flexibility index (Phi) is 4.23. The Bertz CT molecular complexity index is 525. The van der Waals surface area contributed by atoms with E-state index in [1.807, 2.05) is 42.1 Å². The number of rotatable bonds is 1. The molecule has 0 aliphatic carbocycles. The van der Waals surface area contributed by atoms with E-state index in [0.29, 0.717) is 5.75 Å². The Balaban J connectivity index is 0.00000128. The van der Waals surface area contributed by atoms with Crippen LogP contribution in [0.5, 0.6) is 5.75 Å². The molecule has 1 heterocycles. The van der Waals surface area contributed by atoms with Crippen LogP contribution in [0.2, 0.25) is 0 Å². The first kappa shape index (κ1) is 12.9. The summed E-state index contributed by atoms with van der Waals surface area (Å²) in [7, 11) is 1.96. The summed E-state index contributed by atoms with van der Waals surface area (Å²) < 4.78 is 7.01. The fourth-order valence-electron chi connectivity index (χ4n) is 1.56. The maximum Gasteiger partial charge on any atom is 0.308 e. The van der Waals surface area contributed by atoms with Gasteiger partial charge in [0.25, 0.3) is 0 Å². The number of benzene rings is 1. The third-order valence-corrected chi connectivity index (χ3v) is 2.23. The van der Waals surface area contributed by atoms with Crippen molar-refractivity contribution < 1.29 is 38.1 Å². The van der Waals surface area contributed by atoms with Gasteiger partial charge in [-0.3, -0.25) is 4.79 Å². The summed E-state index contributed by atoms with van der Waals surface area (Å²) in [5.74, 6) is 0.282. The summed E-state index contributed by atoms with van der Waals surface area (Å²) in [5, 5.41) is 1.12. The van der Waals surface area contributed by atoms with E-state index < -0.39 is 0 Å². The Morgan fingerprint density at radius 1 is 1.31 bits per heavy atom. The summed E-state index contributed by atoms with van der Waals surface area (Å²) in [6.07, 6.45) is 1.96. The Hall–Kier alpha value is -1.17. The zero-order valence-corrected chi connectivity index (χ0v) is 11.3. The van der Waals surface area contributed by atoms with E-state index in [1.165, 1.54) is 6.92 Å². The number of fused-ring (bicyclic) bond motifs is 1. The fourth-order valence-corrected chi connectivity index (χ4v) is 1.56. The molecular weight excluding hydrogens is 317 g/mol. The van der Waals surface area contributed by atoms with Crippen molar-refractivity contribution in [2.45, 2.75) is 6.92 Å². The minimum atomic E-state index is -0.298. The smallest absolute Gasteiger partial charge is 0.308 e. The van der Waals surface area contributed by atoms with Gasteiger partial charge in [-0.2, -0.15) is 0 Å². The molecule has 0 saturated carbocycles. The highest BCUT2D eigenvalue weighted by molar-refractivity contribution is 5.78. The lowest BCUT2D eigenvalue weighted by atomic mass is 10.2. The highest BCUT2D eigenvalue weighted by Crippen LogP contribution is 2.17. The van der Waals surface area contributed by atoms with E-state index in [0.717, 1.165) is 10.9 Å². The normalized spacial score (nSPS) is 9.62. The Morgan fingerprint density at radius 3 is 2.75 bits per heavy atom. The summed E-state index contributed by atoms with van der Waals surface area (Å²) in [6.45, 7) is 1.40. The van der Waals surface area contributed by atoms with Gasteiger partial charge in [-0.25, -0.2) is 4.57 Å². The van der Waals surface area contributed by atoms with Crippen molar-refractivity contribution in [1.82, 2.24) is 0 Å². The third-order valence-electron chi connectivity index (χ3n) is 2.23. The van der Waals surface area contributed by atoms with Gasteiger partial charge in [-0.1, -0.05) is 0 Å². The van der Waals surface area contributed by atoms with Gasteiger partial charge in [-0.15, -0.1) is 0 Å². The van der Waals surface area contributed by atoms with E-state index in [1.54, 1.807) is 6.07 Å². The summed E-state index contributed by atoms with van der Waals surface area (Å²) >= 11 is 0. The number of aromatic nitrogens is 1. The summed E-state index contributed by atoms with van der Waals surface area (Å²) in [4.78, 5) is 10.8. The van der Waals surface area contributed by atoms with Crippen LogP contribution in [-0.2, 0) is 11.8 Å². The van der Waals surface area contributed by atoms with E-state index in [-0.39, 0.29) is 29.9 Å². The second-order valence-electron chi connectivity index (χ2n) is 3.43. The summed E-state index contributed by atoms with van der Waals surface area (Å²) in [5.41, 5.74) is 1.04. The first-order chi connectivity index (χ1) is 7.16. The molecule has 0 aliphatic rings. The number of hydrogen-bond donors (Lipinski definition) is 0. The first-order valence-electron chi connectivity index (χ1n) is 4.73. The van der Waals surface area contributed by atoms with Gasteiger partial charge in [-0.05, 0) is 18.2 Å². The fraction of sp³-hybridized carbons (Fsp3) is 0.167. The lowest BCUT2D eigenvalue weighted by Gasteiger charge is -2.01. The number of carbonyl (C=O) groups excluding carboxylic acids is 1. The first-order valence-corrected chi connectivity index (χ1v) is 4.73. The van der Waals surface area contributed by atoms with Gasteiger partial charge in [0, 0.05) is 18.4 Å². The van der Waals surface area contributed by atoms with Crippen LogP contribution >= 0.6 is 0 Å². The molecule has 2 aromatic rings. The van der Waals surface area contributed by atoms with Crippen molar-refractivity contribution in [3.05, 3.63) is 36.5 Å². The molecule has 0 radical (unpaired) electrons. The van der Waals surface area contributed by atoms with Crippen molar-refractivity contribution in [1.29, 1.82) is 0 Å². The summed E-state index contributed by atoms with van der Waals surface area (Å²) in [6, 6.07) is 9.59. The van der Waals surface area contributed by atoms with Gasteiger partial charge >= 0.3 is 5.97 Å². The van der Waals surface area contributed by atoms with Crippen LogP contribution in [0, 0.1) is 0 Å². The molecule has 0 aliphatic heterocycles. The molecule has 0 amide bonds. The van der Waals surface area contributed by atoms with E-state index in [2.05, 4.69) is 0 Å². The SMILES string of the molecule is CC(=O)Oc1ccc2ccc[n+](C)c2c1.[I-]. The number of aryl methyl sites for hydroxylation is 1. The lowest BCUT2D eigenvalue weighted by Crippen LogP contribution is -3.00. The lowest BCUT2D eigenvalue weighted by molar-refractivity contribution is -0.644. The molecule has 1 aromatic carbocycles. The average molecular weight is 329 g/mol. The van der Waals surface area contributed by atoms with Gasteiger partial charge < -0.3 is 28.7 Å². The zero-order valence-electron chi connectivity index (χ0n) is 9.11. The van der Waals surface area contributed by atoms with Crippen LogP contribution in [0.15, 0.2) is 36.5 Å². The topological polar surface area (TPSA) is 30.2 Å². The van der Waals surface area contributed by atoms with Crippen molar-refractivity contribution in [3.8, 4) is 5.75 Å². The quantitative estimate of drug-likeness (QED) is 0.279. The molecule has 0 atom stereocenters. The van der Waals surface area contributed by atoms with Gasteiger partial charge in [0.1, 0.15) is 12.8 Å². The van der Waals surface area contributed by atoms with E-state index in [4.69, 9.17) is 4.74 Å². The average Bonchev–Trinajstić information content (AvgIpc) is 2.18. The number of pyridine rings is 1. The molecule has 84 valence electrons. The third kappa shape index (κ3) is 2.69. The van der Waals surface area contributed by atoms with E-state index >= 15 is 0 Å². The zero-order chi connectivity index (χ0) is 10.8. The molecule has 0 spiro atoms. The van der Waals surface area contributed by atoms with Crippen LogP contribution in [0.4, 0.5) is 0 Å². The van der Waals surface area contributed by atoms with Gasteiger partial charge in [0.15, 0.2) is 6.20 Å². The molecule has 3 nitrogen and oxygen atoms in total. The number of ether oxygens (including phenoxy) is 1. The monoisotopic (exact) mass is 329 g/mol. The van der Waals surface area contributed by atoms with Crippen molar-refractivity contribution in [2.75, 3.05) is 0 Å². The van der Waals surface area contributed by atoms with Crippen LogP contribution in [-0.4, -0.2) is 5.97 Å².